The topological polar surface area (TPSA) is 116 Å². The van der Waals surface area contributed by atoms with Crippen LogP contribution in [0, 0.1) is 11.2 Å². The van der Waals surface area contributed by atoms with Crippen molar-refractivity contribution in [2.75, 3.05) is 13.1 Å². The molecule has 4 heterocycles. The minimum absolute atomic E-state index is 0.00438. The second-order valence-corrected chi connectivity index (χ2v) is 11.8. The number of carbonyl (C=O) groups is 1. The van der Waals surface area contributed by atoms with E-state index in [1.165, 1.54) is 37.5 Å². The van der Waals surface area contributed by atoms with Crippen LogP contribution < -0.4 is 0 Å². The van der Waals surface area contributed by atoms with Gasteiger partial charge in [0.25, 0.3) is 10.0 Å². The normalized spacial score (nSPS) is 19.4. The van der Waals surface area contributed by atoms with Crippen LogP contribution in [0.1, 0.15) is 33.7 Å². The Hall–Kier alpha value is -4.24. The smallest absolute Gasteiger partial charge is 0.291 e. The number of piperidine rings is 1. The molecule has 0 saturated carbocycles. The van der Waals surface area contributed by atoms with Crippen LogP contribution in [0.2, 0.25) is 0 Å². The molecule has 1 fully saturated rings. The molecule has 1 aliphatic heterocycles. The molecule has 0 N–H and O–H groups in total. The maximum Gasteiger partial charge on any atom is 0.416 e. The van der Waals surface area contributed by atoms with Gasteiger partial charge in [0.05, 0.1) is 34.8 Å². The van der Waals surface area contributed by atoms with Crippen molar-refractivity contribution in [1.29, 1.82) is 0 Å². The Bertz CT molecular complexity index is 1810. The standard InChI is InChI=1S/C26H21F4N7O3S/c1-35-23(14-32-34-35)41(39,40)36-9-7-17-11-22-16(13-33-37(22)20-4-2-19(27)3-5-20)12-25(17,15-36)24(38)21-10-18(6-8-31-21)26(28,29)30/h2-6,8,10-11,13-14H,7,9,12,15H2,1H3. The minimum Gasteiger partial charge on any atom is -0.291 e. The summed E-state index contributed by atoms with van der Waals surface area (Å²) >= 11 is 0. The summed E-state index contributed by atoms with van der Waals surface area (Å²) in [5.74, 6) is -1.17. The van der Waals surface area contributed by atoms with E-state index in [4.69, 9.17) is 0 Å². The monoisotopic (exact) mass is 587 g/mol. The lowest BCUT2D eigenvalue weighted by Crippen LogP contribution is -2.53. The molecule has 10 nitrogen and oxygen atoms in total. The number of carbonyl (C=O) groups excluding carboxylic acids is 1. The van der Waals surface area contributed by atoms with E-state index in [0.29, 0.717) is 28.6 Å². The molecule has 1 aliphatic carbocycles. The molecule has 212 valence electrons. The summed E-state index contributed by atoms with van der Waals surface area (Å²) in [5, 5.41) is 11.5. The molecule has 1 aromatic carbocycles. The average Bonchev–Trinajstić information content (AvgIpc) is 3.57. The minimum atomic E-state index is -4.71. The Balaban J connectivity index is 1.48. The zero-order valence-corrected chi connectivity index (χ0v) is 22.2. The number of pyridine rings is 1. The number of fused-ring (bicyclic) bond motifs is 2. The number of nitrogens with zero attached hydrogens (tertiary/aromatic N) is 7. The van der Waals surface area contributed by atoms with Crippen molar-refractivity contribution in [1.82, 2.24) is 34.1 Å². The molecule has 1 atom stereocenters. The van der Waals surface area contributed by atoms with Crippen LogP contribution in [0.4, 0.5) is 17.6 Å². The molecule has 41 heavy (non-hydrogen) atoms. The highest BCUT2D eigenvalue weighted by Gasteiger charge is 2.52. The summed E-state index contributed by atoms with van der Waals surface area (Å²) in [6.45, 7) is -0.339. The lowest BCUT2D eigenvalue weighted by Gasteiger charge is -2.44. The summed E-state index contributed by atoms with van der Waals surface area (Å²) in [6, 6.07) is 7.09. The predicted octanol–water partition coefficient (Wildman–Crippen LogP) is 3.46. The Morgan fingerprint density at radius 3 is 2.54 bits per heavy atom. The average molecular weight is 588 g/mol. The molecule has 3 aromatic heterocycles. The fourth-order valence-electron chi connectivity index (χ4n) is 5.43. The molecular weight excluding hydrogens is 566 g/mol. The van der Waals surface area contributed by atoms with Crippen molar-refractivity contribution in [3.05, 3.63) is 88.9 Å². The van der Waals surface area contributed by atoms with Gasteiger partial charge in [-0.3, -0.25) is 9.78 Å². The van der Waals surface area contributed by atoms with Crippen LogP contribution in [0.3, 0.4) is 0 Å². The number of benzene rings is 1. The molecule has 1 saturated heterocycles. The van der Waals surface area contributed by atoms with Gasteiger partial charge >= 0.3 is 6.18 Å². The number of halogens is 4. The van der Waals surface area contributed by atoms with E-state index >= 15 is 0 Å². The molecule has 0 bridgehead atoms. The summed E-state index contributed by atoms with van der Waals surface area (Å²) < 4.78 is 85.0. The highest BCUT2D eigenvalue weighted by molar-refractivity contribution is 7.89. The van der Waals surface area contributed by atoms with Crippen LogP contribution in [0.25, 0.3) is 11.8 Å². The molecule has 2 aliphatic rings. The number of hydrogen-bond donors (Lipinski definition) is 0. The van der Waals surface area contributed by atoms with Crippen LogP contribution in [-0.4, -0.2) is 61.4 Å². The van der Waals surface area contributed by atoms with E-state index in [0.717, 1.165) is 27.4 Å². The number of sulfonamides is 1. The predicted molar refractivity (Wildman–Crippen MR) is 136 cm³/mol. The molecule has 6 rings (SSSR count). The highest BCUT2D eigenvalue weighted by Crippen LogP contribution is 2.47. The maximum absolute atomic E-state index is 14.2. The number of aryl methyl sites for hydroxylation is 1. The first-order chi connectivity index (χ1) is 19.4. The van der Waals surface area contributed by atoms with Crippen LogP contribution in [0.5, 0.6) is 0 Å². The molecule has 15 heteroatoms. The fraction of sp³-hybridized carbons (Fsp3) is 0.269. The third-order valence-corrected chi connectivity index (χ3v) is 9.37. The first kappa shape index (κ1) is 27.0. The molecule has 1 unspecified atom stereocenters. The Labute approximate surface area is 231 Å². The third-order valence-electron chi connectivity index (χ3n) is 7.48. The largest absolute Gasteiger partial charge is 0.416 e. The zero-order chi connectivity index (χ0) is 29.2. The van der Waals surface area contributed by atoms with E-state index in [1.54, 1.807) is 10.8 Å². The Morgan fingerprint density at radius 1 is 1.10 bits per heavy atom. The van der Waals surface area contributed by atoms with E-state index in [9.17, 15) is 30.8 Å². The number of ketones is 1. The quantitative estimate of drug-likeness (QED) is 0.259. The van der Waals surface area contributed by atoms with E-state index in [2.05, 4.69) is 20.4 Å². The second-order valence-electron chi connectivity index (χ2n) is 9.91. The third kappa shape index (κ3) is 4.44. The molecule has 4 aromatic rings. The summed E-state index contributed by atoms with van der Waals surface area (Å²) in [4.78, 5) is 18.2. The number of rotatable bonds is 5. The van der Waals surface area contributed by atoms with Gasteiger partial charge in [-0.15, -0.1) is 5.10 Å². The van der Waals surface area contributed by atoms with Crippen molar-refractivity contribution in [2.24, 2.45) is 12.5 Å². The van der Waals surface area contributed by atoms with Gasteiger partial charge in [-0.05, 0) is 60.9 Å². The number of hydrogen-bond acceptors (Lipinski definition) is 7. The van der Waals surface area contributed by atoms with Crippen molar-refractivity contribution in [3.8, 4) is 5.69 Å². The number of aromatic nitrogens is 6. The number of Topliss-reactive ketones (excluding diaryl/α,β-unsaturated/α-hetero) is 1. The van der Waals surface area contributed by atoms with Gasteiger partial charge < -0.3 is 0 Å². The maximum atomic E-state index is 14.2. The molecular formula is C26H21F4N7O3S. The van der Waals surface area contributed by atoms with Gasteiger partial charge in [0.2, 0.25) is 0 Å². The Morgan fingerprint density at radius 2 is 1.85 bits per heavy atom. The van der Waals surface area contributed by atoms with Crippen LogP contribution in [0.15, 0.2) is 65.6 Å². The highest BCUT2D eigenvalue weighted by atomic mass is 32.2. The van der Waals surface area contributed by atoms with Crippen LogP contribution >= 0.6 is 0 Å². The van der Waals surface area contributed by atoms with E-state index < -0.39 is 44.5 Å². The van der Waals surface area contributed by atoms with E-state index in [-0.39, 0.29) is 31.0 Å². The molecule has 0 radical (unpaired) electrons. The molecule has 0 spiro atoms. The van der Waals surface area contributed by atoms with Crippen molar-refractivity contribution in [2.45, 2.75) is 24.0 Å². The van der Waals surface area contributed by atoms with Gasteiger partial charge in [0.15, 0.2) is 10.8 Å². The SMILES string of the molecule is Cn1nncc1S(=O)(=O)N1CCC2=Cc3c(cnn3-c3ccc(F)cc3)CC2(C(=O)c2cc(C(F)(F)F)ccn2)C1. The zero-order valence-electron chi connectivity index (χ0n) is 21.4. The number of alkyl halides is 3. The summed E-state index contributed by atoms with van der Waals surface area (Å²) in [5.41, 5.74) is -0.752. The first-order valence-electron chi connectivity index (χ1n) is 12.4. The van der Waals surface area contributed by atoms with Gasteiger partial charge in [0, 0.05) is 26.3 Å². The van der Waals surface area contributed by atoms with Gasteiger partial charge in [-0.25, -0.2) is 22.2 Å². The Kier molecular flexibility index (Phi) is 6.19. The molecule has 0 amide bonds. The van der Waals surface area contributed by atoms with Crippen molar-refractivity contribution >= 4 is 21.9 Å². The van der Waals surface area contributed by atoms with Gasteiger partial charge in [-0.2, -0.15) is 22.6 Å². The van der Waals surface area contributed by atoms with Gasteiger partial charge in [0.1, 0.15) is 11.5 Å². The van der Waals surface area contributed by atoms with Crippen LogP contribution in [-0.2, 0) is 29.7 Å². The van der Waals surface area contributed by atoms with Crippen molar-refractivity contribution in [3.63, 3.8) is 0 Å². The van der Waals surface area contributed by atoms with Crippen molar-refractivity contribution < 1.29 is 30.8 Å². The lowest BCUT2D eigenvalue weighted by atomic mass is 9.65. The first-order valence-corrected chi connectivity index (χ1v) is 13.8. The fourth-order valence-corrected chi connectivity index (χ4v) is 6.97. The summed E-state index contributed by atoms with van der Waals surface area (Å²) in [7, 11) is -2.75. The lowest BCUT2D eigenvalue weighted by molar-refractivity contribution is -0.137. The van der Waals surface area contributed by atoms with E-state index in [1.807, 2.05) is 0 Å². The van der Waals surface area contributed by atoms with Gasteiger partial charge in [-0.1, -0.05) is 10.8 Å². The second kappa shape index (κ2) is 9.41. The summed E-state index contributed by atoms with van der Waals surface area (Å²) in [6.07, 6.45) is 0.601.